The number of para-hydroxylation sites is 1. The van der Waals surface area contributed by atoms with Gasteiger partial charge in [0.25, 0.3) is 0 Å². The second-order valence-corrected chi connectivity index (χ2v) is 5.93. The van der Waals surface area contributed by atoms with Gasteiger partial charge in [-0.1, -0.05) is 25.1 Å². The van der Waals surface area contributed by atoms with E-state index in [0.29, 0.717) is 6.42 Å². The van der Waals surface area contributed by atoms with Crippen LogP contribution in [0.4, 0.5) is 0 Å². The maximum Gasteiger partial charge on any atom is 0.130 e. The Bertz CT molecular complexity index is 607. The first-order valence-electron chi connectivity index (χ1n) is 6.64. The van der Waals surface area contributed by atoms with Crippen molar-refractivity contribution < 1.29 is 4.79 Å². The number of ketones is 1. The first-order valence-corrected chi connectivity index (χ1v) is 7.62. The van der Waals surface area contributed by atoms with E-state index < -0.39 is 0 Å². The van der Waals surface area contributed by atoms with E-state index in [1.807, 2.05) is 30.8 Å². The van der Waals surface area contributed by atoms with Crippen LogP contribution in [0, 0.1) is 6.92 Å². The number of fused-ring (bicyclic) bond motifs is 1. The molecule has 1 heterocycles. The summed E-state index contributed by atoms with van der Waals surface area (Å²) < 4.78 is 0. The molecule has 2 rings (SSSR count). The van der Waals surface area contributed by atoms with E-state index in [-0.39, 0.29) is 5.78 Å². The number of thioether (sulfide) groups is 1. The van der Waals surface area contributed by atoms with Crippen LogP contribution in [-0.2, 0) is 11.2 Å². The van der Waals surface area contributed by atoms with Crippen LogP contribution in [0.3, 0.4) is 0 Å². The Morgan fingerprint density at radius 1 is 1.32 bits per heavy atom. The summed E-state index contributed by atoms with van der Waals surface area (Å²) in [5, 5.41) is 1.21. The van der Waals surface area contributed by atoms with E-state index in [2.05, 4.69) is 24.0 Å². The highest BCUT2D eigenvalue weighted by Gasteiger charge is 2.12. The summed E-state index contributed by atoms with van der Waals surface area (Å²) in [5.74, 6) is 1.26. The third-order valence-corrected chi connectivity index (χ3v) is 4.21. The van der Waals surface area contributed by atoms with Crippen molar-refractivity contribution in [1.29, 1.82) is 0 Å². The van der Waals surface area contributed by atoms with Crippen molar-refractivity contribution in [2.24, 2.45) is 0 Å². The molecule has 0 saturated carbocycles. The van der Waals surface area contributed by atoms with Gasteiger partial charge in [-0.15, -0.1) is 11.8 Å². The number of carbonyl (C=O) groups excluding carboxylic acids is 1. The van der Waals surface area contributed by atoms with Crippen LogP contribution < -0.4 is 0 Å². The fourth-order valence-electron chi connectivity index (χ4n) is 2.24. The number of hydrogen-bond donors (Lipinski definition) is 0. The van der Waals surface area contributed by atoms with Crippen LogP contribution in [0.15, 0.2) is 29.2 Å². The van der Waals surface area contributed by atoms with Gasteiger partial charge >= 0.3 is 0 Å². The summed E-state index contributed by atoms with van der Waals surface area (Å²) in [5.41, 5.74) is 3.33. The Morgan fingerprint density at radius 2 is 2.05 bits per heavy atom. The Morgan fingerprint density at radius 3 is 2.74 bits per heavy atom. The van der Waals surface area contributed by atoms with E-state index in [9.17, 15) is 4.79 Å². The third-order valence-electron chi connectivity index (χ3n) is 3.16. The van der Waals surface area contributed by atoms with Crippen molar-refractivity contribution in [1.82, 2.24) is 4.98 Å². The average Bonchev–Trinajstić information content (AvgIpc) is 2.38. The fraction of sp³-hybridized carbons (Fsp3) is 0.375. The molecule has 100 valence electrons. The maximum absolute atomic E-state index is 11.2. The van der Waals surface area contributed by atoms with E-state index in [1.165, 1.54) is 15.8 Å². The monoisotopic (exact) mass is 273 g/mol. The lowest BCUT2D eigenvalue weighted by atomic mass is 10.0. The predicted molar refractivity (Wildman–Crippen MR) is 81.9 cm³/mol. The number of Topliss-reactive ketones (excluding diaryl/α,β-unsaturated/α-hetero) is 1. The molecule has 0 N–H and O–H groups in total. The largest absolute Gasteiger partial charge is 0.300 e. The fourth-order valence-corrected chi connectivity index (χ4v) is 3.28. The van der Waals surface area contributed by atoms with Gasteiger partial charge in [0.2, 0.25) is 0 Å². The summed E-state index contributed by atoms with van der Waals surface area (Å²) in [6.07, 6.45) is 1.39. The molecule has 0 amide bonds. The second-order valence-electron chi connectivity index (χ2n) is 4.66. The second kappa shape index (κ2) is 6.20. The number of benzene rings is 1. The van der Waals surface area contributed by atoms with Gasteiger partial charge in [0.05, 0.1) is 5.52 Å². The van der Waals surface area contributed by atoms with Crippen LogP contribution in [0.5, 0.6) is 0 Å². The average molecular weight is 273 g/mol. The SMILES string of the molecule is CCSc1c(CCC(C)=O)c(C)nc2ccccc12. The minimum Gasteiger partial charge on any atom is -0.300 e. The van der Waals surface area contributed by atoms with Crippen LogP contribution in [-0.4, -0.2) is 16.5 Å². The van der Waals surface area contributed by atoms with Gasteiger partial charge in [-0.25, -0.2) is 0 Å². The van der Waals surface area contributed by atoms with Crippen LogP contribution in [0.25, 0.3) is 10.9 Å². The highest BCUT2D eigenvalue weighted by atomic mass is 32.2. The molecule has 1 aromatic carbocycles. The quantitative estimate of drug-likeness (QED) is 0.766. The topological polar surface area (TPSA) is 30.0 Å². The third kappa shape index (κ3) is 3.16. The molecule has 0 aliphatic carbocycles. The molecule has 0 saturated heterocycles. The Balaban J connectivity index is 2.56. The number of hydrogen-bond acceptors (Lipinski definition) is 3. The first kappa shape index (κ1) is 14.1. The smallest absolute Gasteiger partial charge is 0.130 e. The van der Waals surface area contributed by atoms with Crippen molar-refractivity contribution in [3.8, 4) is 0 Å². The van der Waals surface area contributed by atoms with Crippen molar-refractivity contribution in [2.45, 2.75) is 38.5 Å². The zero-order chi connectivity index (χ0) is 13.8. The van der Waals surface area contributed by atoms with Crippen LogP contribution >= 0.6 is 11.8 Å². The number of carbonyl (C=O) groups is 1. The molecule has 0 aliphatic rings. The predicted octanol–water partition coefficient (Wildman–Crippen LogP) is 4.18. The van der Waals surface area contributed by atoms with Gasteiger partial charge in [0.1, 0.15) is 5.78 Å². The van der Waals surface area contributed by atoms with Crippen molar-refractivity contribution in [2.75, 3.05) is 5.75 Å². The molecule has 0 radical (unpaired) electrons. The van der Waals surface area contributed by atoms with E-state index >= 15 is 0 Å². The zero-order valence-corrected chi connectivity index (χ0v) is 12.5. The maximum atomic E-state index is 11.2. The Kier molecular flexibility index (Phi) is 4.59. The van der Waals surface area contributed by atoms with E-state index in [4.69, 9.17) is 0 Å². The molecule has 0 spiro atoms. The summed E-state index contributed by atoms with van der Waals surface area (Å²) in [4.78, 5) is 17.2. The molecule has 2 nitrogen and oxygen atoms in total. The highest BCUT2D eigenvalue weighted by molar-refractivity contribution is 7.99. The number of aromatic nitrogens is 1. The number of pyridine rings is 1. The molecular formula is C16H19NOS. The molecule has 3 heteroatoms. The Labute approximate surface area is 118 Å². The molecule has 0 unspecified atom stereocenters. The van der Waals surface area contributed by atoms with Gasteiger partial charge in [-0.2, -0.15) is 0 Å². The van der Waals surface area contributed by atoms with Crippen molar-refractivity contribution in [3.63, 3.8) is 0 Å². The molecule has 0 aliphatic heterocycles. The highest BCUT2D eigenvalue weighted by Crippen LogP contribution is 2.32. The van der Waals surface area contributed by atoms with Crippen molar-refractivity contribution in [3.05, 3.63) is 35.5 Å². The van der Waals surface area contributed by atoms with Gasteiger partial charge in [0, 0.05) is 22.4 Å². The summed E-state index contributed by atoms with van der Waals surface area (Å²) in [7, 11) is 0. The minimum atomic E-state index is 0.236. The minimum absolute atomic E-state index is 0.236. The molecule has 0 bridgehead atoms. The molecule has 19 heavy (non-hydrogen) atoms. The zero-order valence-electron chi connectivity index (χ0n) is 11.7. The standard InChI is InChI=1S/C16H19NOS/c1-4-19-16-13(10-9-11(2)18)12(3)17-15-8-6-5-7-14(15)16/h5-8H,4,9-10H2,1-3H3. The van der Waals surface area contributed by atoms with Gasteiger partial charge < -0.3 is 4.79 Å². The van der Waals surface area contributed by atoms with E-state index in [1.54, 1.807) is 6.92 Å². The van der Waals surface area contributed by atoms with Gasteiger partial charge in [0.15, 0.2) is 0 Å². The number of aryl methyl sites for hydroxylation is 1. The Hall–Kier alpha value is -1.35. The summed E-state index contributed by atoms with van der Waals surface area (Å²) in [6.45, 7) is 5.85. The van der Waals surface area contributed by atoms with Crippen molar-refractivity contribution >= 4 is 28.4 Å². The number of rotatable bonds is 5. The summed E-state index contributed by atoms with van der Waals surface area (Å²) in [6, 6.07) is 8.24. The molecular weight excluding hydrogens is 254 g/mol. The van der Waals surface area contributed by atoms with Crippen LogP contribution in [0.2, 0.25) is 0 Å². The molecule has 0 fully saturated rings. The lowest BCUT2D eigenvalue weighted by molar-refractivity contribution is -0.116. The van der Waals surface area contributed by atoms with Gasteiger partial charge in [-0.3, -0.25) is 4.98 Å². The number of nitrogens with zero attached hydrogens (tertiary/aromatic N) is 1. The molecule has 1 aromatic heterocycles. The molecule has 0 atom stereocenters. The first-order chi connectivity index (χ1) is 9.13. The summed E-state index contributed by atoms with van der Waals surface area (Å²) >= 11 is 1.85. The van der Waals surface area contributed by atoms with Gasteiger partial charge in [-0.05, 0) is 37.7 Å². The molecule has 2 aromatic rings. The lowest BCUT2D eigenvalue weighted by Crippen LogP contribution is -2.01. The van der Waals surface area contributed by atoms with Crippen LogP contribution in [0.1, 0.15) is 31.5 Å². The lowest BCUT2D eigenvalue weighted by Gasteiger charge is -2.14. The normalized spacial score (nSPS) is 10.9. The van der Waals surface area contributed by atoms with E-state index in [0.717, 1.165) is 23.4 Å².